The molecule has 0 saturated carbocycles. The number of hydrogen-bond donors (Lipinski definition) is 2. The number of aromatic nitrogens is 1. The number of halogens is 2. The second-order valence-corrected chi connectivity index (χ2v) is 5.26. The van der Waals surface area contributed by atoms with Gasteiger partial charge in [-0.1, -0.05) is 33.6 Å². The van der Waals surface area contributed by atoms with E-state index in [2.05, 4.69) is 20.9 Å². The topological polar surface area (TPSA) is 59.1 Å². The second-order valence-electron chi connectivity index (χ2n) is 3.93. The molecule has 1 aromatic heterocycles. The van der Waals surface area contributed by atoms with Crippen molar-refractivity contribution in [2.45, 2.75) is 12.5 Å². The molecule has 0 aliphatic heterocycles. The molecular weight excluding hydrogens is 316 g/mol. The van der Waals surface area contributed by atoms with Gasteiger partial charge in [0.2, 0.25) is 0 Å². The largest absolute Gasteiger partial charge is 0.388 e. The average molecular weight is 328 g/mol. The summed E-state index contributed by atoms with van der Waals surface area (Å²) in [6.07, 6.45) is 1.30. The molecule has 0 aliphatic carbocycles. The molecule has 3 N–H and O–H groups in total. The number of aliphatic hydroxyl groups excluding tert-OH is 1. The highest BCUT2D eigenvalue weighted by atomic mass is 79.9. The Bertz CT molecular complexity index is 562. The van der Waals surface area contributed by atoms with Crippen LogP contribution < -0.4 is 5.73 Å². The second kappa shape index (κ2) is 5.69. The van der Waals surface area contributed by atoms with Crippen LogP contribution in [0.5, 0.6) is 0 Å². The van der Waals surface area contributed by atoms with Gasteiger partial charge in [-0.15, -0.1) is 0 Å². The van der Waals surface area contributed by atoms with Crippen molar-refractivity contribution < 1.29 is 5.11 Å². The Labute approximate surface area is 119 Å². The fourth-order valence-corrected chi connectivity index (χ4v) is 2.33. The van der Waals surface area contributed by atoms with Gasteiger partial charge in [-0.2, -0.15) is 0 Å². The van der Waals surface area contributed by atoms with Gasteiger partial charge in [-0.05, 0) is 29.8 Å². The highest BCUT2D eigenvalue weighted by Gasteiger charge is 2.14. The molecule has 1 atom stereocenters. The fraction of sp³-hybridized carbons (Fsp3) is 0.154. The van der Waals surface area contributed by atoms with Crippen LogP contribution in [-0.4, -0.2) is 10.1 Å². The Hall–Kier alpha value is -1.10. The lowest BCUT2D eigenvalue weighted by molar-refractivity contribution is 0.178. The van der Waals surface area contributed by atoms with Crippen molar-refractivity contribution in [1.29, 1.82) is 0 Å². The number of hydrogen-bond acceptors (Lipinski definition) is 3. The molecule has 2 aromatic rings. The summed E-state index contributed by atoms with van der Waals surface area (Å²) in [5.41, 5.74) is 7.23. The number of rotatable bonds is 3. The Morgan fingerprint density at radius 3 is 2.89 bits per heavy atom. The number of nitrogens with two attached hydrogens (primary N) is 1. The number of nitrogens with zero attached hydrogens (tertiary/aromatic N) is 1. The molecule has 0 bridgehead atoms. The molecule has 0 aliphatic rings. The third-order valence-electron chi connectivity index (χ3n) is 2.66. The maximum absolute atomic E-state index is 10.2. The zero-order chi connectivity index (χ0) is 13.1. The third-order valence-corrected chi connectivity index (χ3v) is 3.49. The Balaban J connectivity index is 2.25. The Morgan fingerprint density at radius 2 is 2.17 bits per heavy atom. The smallest absolute Gasteiger partial charge is 0.126 e. The lowest BCUT2D eigenvalue weighted by Gasteiger charge is -2.14. The van der Waals surface area contributed by atoms with E-state index in [1.807, 2.05) is 12.1 Å². The number of aliphatic hydroxyl groups is 1. The van der Waals surface area contributed by atoms with E-state index in [1.54, 1.807) is 24.4 Å². The number of pyridine rings is 1. The van der Waals surface area contributed by atoms with Crippen molar-refractivity contribution in [2.75, 3.05) is 5.73 Å². The highest BCUT2D eigenvalue weighted by Crippen LogP contribution is 2.29. The summed E-state index contributed by atoms with van der Waals surface area (Å²) in [5, 5.41) is 10.8. The molecule has 18 heavy (non-hydrogen) atoms. The highest BCUT2D eigenvalue weighted by molar-refractivity contribution is 9.10. The first-order valence-corrected chi connectivity index (χ1v) is 6.57. The monoisotopic (exact) mass is 326 g/mol. The molecule has 0 amide bonds. The molecule has 0 saturated heterocycles. The maximum atomic E-state index is 10.2. The summed E-state index contributed by atoms with van der Waals surface area (Å²) in [5.74, 6) is 0.433. The van der Waals surface area contributed by atoms with E-state index in [4.69, 9.17) is 17.3 Å². The van der Waals surface area contributed by atoms with Crippen molar-refractivity contribution in [3.05, 3.63) is 57.2 Å². The van der Waals surface area contributed by atoms with Gasteiger partial charge in [0, 0.05) is 27.7 Å². The van der Waals surface area contributed by atoms with Crippen molar-refractivity contribution in [3.63, 3.8) is 0 Å². The van der Waals surface area contributed by atoms with E-state index in [0.717, 1.165) is 10.0 Å². The first kappa shape index (κ1) is 13.3. The van der Waals surface area contributed by atoms with Gasteiger partial charge in [0.15, 0.2) is 0 Å². The van der Waals surface area contributed by atoms with Crippen LogP contribution in [0.15, 0.2) is 41.0 Å². The van der Waals surface area contributed by atoms with Crippen molar-refractivity contribution in [1.82, 2.24) is 4.98 Å². The number of anilines is 1. The Morgan fingerprint density at radius 1 is 1.39 bits per heavy atom. The summed E-state index contributed by atoms with van der Waals surface area (Å²) in [6.45, 7) is 0. The van der Waals surface area contributed by atoms with Crippen LogP contribution in [0.3, 0.4) is 0 Å². The van der Waals surface area contributed by atoms with Gasteiger partial charge in [-0.25, -0.2) is 4.98 Å². The molecule has 1 heterocycles. The fourth-order valence-electron chi connectivity index (χ4n) is 1.71. The predicted molar refractivity (Wildman–Crippen MR) is 76.5 cm³/mol. The molecule has 0 fully saturated rings. The zero-order valence-electron chi connectivity index (χ0n) is 9.48. The summed E-state index contributed by atoms with van der Waals surface area (Å²) >= 11 is 9.43. The van der Waals surface area contributed by atoms with Crippen LogP contribution in [-0.2, 0) is 6.42 Å². The van der Waals surface area contributed by atoms with E-state index in [0.29, 0.717) is 22.8 Å². The molecule has 1 unspecified atom stereocenters. The van der Waals surface area contributed by atoms with E-state index in [9.17, 15) is 5.11 Å². The molecular formula is C13H12BrClN2O. The lowest BCUT2D eigenvalue weighted by Crippen LogP contribution is -2.06. The van der Waals surface area contributed by atoms with Gasteiger partial charge in [0.25, 0.3) is 0 Å². The van der Waals surface area contributed by atoms with Crippen LogP contribution in [0.4, 0.5) is 5.82 Å². The van der Waals surface area contributed by atoms with Gasteiger partial charge in [0.05, 0.1) is 6.10 Å². The van der Waals surface area contributed by atoms with E-state index in [-0.39, 0.29) is 0 Å². The average Bonchev–Trinajstić information content (AvgIpc) is 2.35. The minimum absolute atomic E-state index is 0.385. The third kappa shape index (κ3) is 3.02. The first-order chi connectivity index (χ1) is 8.58. The lowest BCUT2D eigenvalue weighted by atomic mass is 10.0. The zero-order valence-corrected chi connectivity index (χ0v) is 11.8. The standard InChI is InChI=1S/C13H12BrClN2O/c14-9-3-4-11(15)10(7-9)12(18)6-8-2-1-5-17-13(8)16/h1-5,7,12,18H,6H2,(H2,16,17). The van der Waals surface area contributed by atoms with Crippen molar-refractivity contribution in [2.24, 2.45) is 0 Å². The van der Waals surface area contributed by atoms with Crippen molar-refractivity contribution in [3.8, 4) is 0 Å². The normalized spacial score (nSPS) is 12.4. The summed E-state index contributed by atoms with van der Waals surface area (Å²) in [4.78, 5) is 3.99. The molecule has 0 spiro atoms. The van der Waals surface area contributed by atoms with Crippen LogP contribution in [0.1, 0.15) is 17.2 Å². The van der Waals surface area contributed by atoms with Gasteiger partial charge < -0.3 is 10.8 Å². The van der Waals surface area contributed by atoms with Gasteiger partial charge in [-0.3, -0.25) is 0 Å². The van der Waals surface area contributed by atoms with Crippen LogP contribution in [0.25, 0.3) is 0 Å². The minimum atomic E-state index is -0.707. The quantitative estimate of drug-likeness (QED) is 0.909. The molecule has 3 nitrogen and oxygen atoms in total. The van der Waals surface area contributed by atoms with Crippen LogP contribution in [0, 0.1) is 0 Å². The first-order valence-electron chi connectivity index (χ1n) is 5.40. The van der Waals surface area contributed by atoms with Crippen LogP contribution >= 0.6 is 27.5 Å². The summed E-state index contributed by atoms with van der Waals surface area (Å²) in [7, 11) is 0. The maximum Gasteiger partial charge on any atom is 0.126 e. The predicted octanol–water partition coefficient (Wildman–Crippen LogP) is 3.36. The van der Waals surface area contributed by atoms with E-state index >= 15 is 0 Å². The molecule has 1 aromatic carbocycles. The SMILES string of the molecule is Nc1ncccc1CC(O)c1cc(Br)ccc1Cl. The van der Waals surface area contributed by atoms with E-state index < -0.39 is 6.10 Å². The van der Waals surface area contributed by atoms with E-state index in [1.165, 1.54) is 0 Å². The van der Waals surface area contributed by atoms with Gasteiger partial charge in [0.1, 0.15) is 5.82 Å². The molecule has 2 rings (SSSR count). The molecule has 0 radical (unpaired) electrons. The summed E-state index contributed by atoms with van der Waals surface area (Å²) in [6, 6.07) is 9.02. The Kier molecular flexibility index (Phi) is 4.22. The number of nitrogen functional groups attached to an aromatic ring is 1. The molecule has 94 valence electrons. The van der Waals surface area contributed by atoms with Crippen molar-refractivity contribution >= 4 is 33.3 Å². The number of benzene rings is 1. The molecule has 5 heteroatoms. The van der Waals surface area contributed by atoms with Gasteiger partial charge >= 0.3 is 0 Å². The van der Waals surface area contributed by atoms with Crippen LogP contribution in [0.2, 0.25) is 5.02 Å². The minimum Gasteiger partial charge on any atom is -0.388 e. The summed E-state index contributed by atoms with van der Waals surface area (Å²) < 4.78 is 0.875.